The van der Waals surface area contributed by atoms with Crippen molar-refractivity contribution in [3.63, 3.8) is 0 Å². The molecule has 0 aliphatic carbocycles. The monoisotopic (exact) mass is 305 g/mol. The summed E-state index contributed by atoms with van der Waals surface area (Å²) in [6.07, 6.45) is 0. The minimum atomic E-state index is -3.81. The number of amides is 1. The average molecular weight is 306 g/mol. The third-order valence-electron chi connectivity index (χ3n) is 2.38. The van der Waals surface area contributed by atoms with Gasteiger partial charge in [-0.3, -0.25) is 4.79 Å². The van der Waals surface area contributed by atoms with Gasteiger partial charge < -0.3 is 11.1 Å². The van der Waals surface area contributed by atoms with Crippen molar-refractivity contribution in [2.24, 2.45) is 0 Å². The van der Waals surface area contributed by atoms with Crippen molar-refractivity contribution in [1.29, 1.82) is 0 Å². The summed E-state index contributed by atoms with van der Waals surface area (Å²) in [5.41, 5.74) is 5.88. The fourth-order valence-electron chi connectivity index (χ4n) is 1.43. The highest BCUT2D eigenvalue weighted by molar-refractivity contribution is 7.89. The number of nitrogen functional groups attached to an aromatic ring is 1. The SMILES string of the molecule is CCNC(=O)CN(C)S(=O)(=O)c1ccc(N)cc1Cl. The predicted molar refractivity (Wildman–Crippen MR) is 74.4 cm³/mol. The minimum absolute atomic E-state index is 0.0303. The van der Waals surface area contributed by atoms with E-state index in [0.29, 0.717) is 12.2 Å². The highest BCUT2D eigenvalue weighted by atomic mass is 35.5. The summed E-state index contributed by atoms with van der Waals surface area (Å²) >= 11 is 5.87. The van der Waals surface area contributed by atoms with Gasteiger partial charge in [0.15, 0.2) is 0 Å². The Morgan fingerprint density at radius 1 is 1.47 bits per heavy atom. The summed E-state index contributed by atoms with van der Waals surface area (Å²) in [5.74, 6) is -0.375. The fourth-order valence-corrected chi connectivity index (χ4v) is 3.08. The molecule has 106 valence electrons. The summed E-state index contributed by atoms with van der Waals surface area (Å²) in [7, 11) is -2.50. The topological polar surface area (TPSA) is 92.5 Å². The third kappa shape index (κ3) is 3.82. The number of hydrogen-bond acceptors (Lipinski definition) is 4. The molecular weight excluding hydrogens is 290 g/mol. The smallest absolute Gasteiger partial charge is 0.244 e. The molecule has 0 saturated heterocycles. The molecule has 8 heteroatoms. The molecule has 0 radical (unpaired) electrons. The van der Waals surface area contributed by atoms with Gasteiger partial charge in [-0.05, 0) is 25.1 Å². The Labute approximate surface area is 117 Å². The van der Waals surface area contributed by atoms with Crippen molar-refractivity contribution in [2.75, 3.05) is 25.9 Å². The van der Waals surface area contributed by atoms with Crippen molar-refractivity contribution in [1.82, 2.24) is 9.62 Å². The van der Waals surface area contributed by atoms with Gasteiger partial charge in [0.1, 0.15) is 4.90 Å². The molecule has 0 fully saturated rings. The zero-order chi connectivity index (χ0) is 14.6. The second-order valence-electron chi connectivity index (χ2n) is 3.90. The Balaban J connectivity index is 3.00. The van der Waals surface area contributed by atoms with Gasteiger partial charge in [0.05, 0.1) is 11.6 Å². The number of halogens is 1. The van der Waals surface area contributed by atoms with Crippen LogP contribution in [0.25, 0.3) is 0 Å². The van der Waals surface area contributed by atoms with Gasteiger partial charge in [0.2, 0.25) is 15.9 Å². The maximum atomic E-state index is 12.2. The van der Waals surface area contributed by atoms with E-state index < -0.39 is 10.0 Å². The first-order valence-electron chi connectivity index (χ1n) is 5.57. The first-order chi connectivity index (χ1) is 8.78. The van der Waals surface area contributed by atoms with Crippen LogP contribution in [0.2, 0.25) is 5.02 Å². The van der Waals surface area contributed by atoms with Crippen molar-refractivity contribution in [2.45, 2.75) is 11.8 Å². The Morgan fingerprint density at radius 2 is 2.11 bits per heavy atom. The van der Waals surface area contributed by atoms with Crippen molar-refractivity contribution in [3.05, 3.63) is 23.2 Å². The van der Waals surface area contributed by atoms with Crippen LogP contribution in [0.3, 0.4) is 0 Å². The van der Waals surface area contributed by atoms with E-state index in [2.05, 4.69) is 5.32 Å². The van der Waals surface area contributed by atoms with Crippen molar-refractivity contribution >= 4 is 33.2 Å². The molecule has 0 unspecified atom stereocenters. The van der Waals surface area contributed by atoms with E-state index in [4.69, 9.17) is 17.3 Å². The lowest BCUT2D eigenvalue weighted by Crippen LogP contribution is -2.38. The van der Waals surface area contributed by atoms with E-state index in [1.165, 1.54) is 25.2 Å². The van der Waals surface area contributed by atoms with E-state index >= 15 is 0 Å². The number of carbonyl (C=O) groups is 1. The average Bonchev–Trinajstić information content (AvgIpc) is 2.28. The van der Waals surface area contributed by atoms with Gasteiger partial charge in [-0.1, -0.05) is 11.6 Å². The summed E-state index contributed by atoms with van der Waals surface area (Å²) in [6.45, 7) is 1.93. The van der Waals surface area contributed by atoms with Gasteiger partial charge in [-0.2, -0.15) is 4.31 Å². The number of anilines is 1. The lowest BCUT2D eigenvalue weighted by molar-refractivity contribution is -0.121. The second-order valence-corrected chi connectivity index (χ2v) is 6.32. The number of nitrogens with one attached hydrogen (secondary N) is 1. The van der Waals surface area contributed by atoms with E-state index in [1.54, 1.807) is 6.92 Å². The lowest BCUT2D eigenvalue weighted by Gasteiger charge is -2.17. The van der Waals surface area contributed by atoms with E-state index in [9.17, 15) is 13.2 Å². The molecule has 0 saturated carbocycles. The van der Waals surface area contributed by atoms with Crippen LogP contribution in [0, 0.1) is 0 Å². The highest BCUT2D eigenvalue weighted by Gasteiger charge is 2.25. The van der Waals surface area contributed by atoms with Crippen LogP contribution >= 0.6 is 11.6 Å². The van der Waals surface area contributed by atoms with Gasteiger partial charge in [-0.25, -0.2) is 8.42 Å². The zero-order valence-electron chi connectivity index (χ0n) is 10.7. The molecular formula is C11H16ClN3O3S. The summed E-state index contributed by atoms with van der Waals surface area (Å²) in [5, 5.41) is 2.56. The molecule has 1 amide bonds. The predicted octanol–water partition coefficient (Wildman–Crippen LogP) is 0.679. The van der Waals surface area contributed by atoms with Gasteiger partial charge >= 0.3 is 0 Å². The zero-order valence-corrected chi connectivity index (χ0v) is 12.3. The number of sulfonamides is 1. The maximum absolute atomic E-state index is 12.2. The normalized spacial score (nSPS) is 11.6. The van der Waals surface area contributed by atoms with Crippen LogP contribution < -0.4 is 11.1 Å². The van der Waals surface area contributed by atoms with Crippen LogP contribution in [-0.2, 0) is 14.8 Å². The summed E-state index contributed by atoms with van der Waals surface area (Å²) < 4.78 is 25.4. The maximum Gasteiger partial charge on any atom is 0.244 e. The van der Waals surface area contributed by atoms with Crippen LogP contribution in [0.1, 0.15) is 6.92 Å². The Morgan fingerprint density at radius 3 is 2.63 bits per heavy atom. The third-order valence-corrected chi connectivity index (χ3v) is 4.67. The fraction of sp³-hybridized carbons (Fsp3) is 0.364. The first kappa shape index (κ1) is 15.7. The van der Waals surface area contributed by atoms with E-state index in [1.807, 2.05) is 0 Å². The first-order valence-corrected chi connectivity index (χ1v) is 7.39. The highest BCUT2D eigenvalue weighted by Crippen LogP contribution is 2.25. The Bertz CT molecular complexity index is 575. The Hall–Kier alpha value is -1.31. The number of likely N-dealkylation sites (N-methyl/N-ethyl adjacent to an activating group) is 2. The Kier molecular flexibility index (Phi) is 5.16. The quantitative estimate of drug-likeness (QED) is 0.782. The molecule has 1 aromatic rings. The van der Waals surface area contributed by atoms with Crippen molar-refractivity contribution in [3.8, 4) is 0 Å². The number of rotatable bonds is 5. The summed E-state index contributed by atoms with van der Waals surface area (Å²) in [6, 6.07) is 4.12. The van der Waals surface area contributed by atoms with Crippen LogP contribution in [0.4, 0.5) is 5.69 Å². The number of carbonyl (C=O) groups excluding carboxylic acids is 1. The largest absolute Gasteiger partial charge is 0.399 e. The minimum Gasteiger partial charge on any atom is -0.399 e. The molecule has 0 aliphatic rings. The standard InChI is InChI=1S/C11H16ClN3O3S/c1-3-14-11(16)7-15(2)19(17,18)10-5-4-8(13)6-9(10)12/h4-6H,3,7,13H2,1-2H3,(H,14,16). The molecule has 19 heavy (non-hydrogen) atoms. The number of hydrogen-bond donors (Lipinski definition) is 2. The molecule has 6 nitrogen and oxygen atoms in total. The van der Waals surface area contributed by atoms with Gasteiger partial charge in [0, 0.05) is 19.3 Å². The van der Waals surface area contributed by atoms with Crippen molar-refractivity contribution < 1.29 is 13.2 Å². The lowest BCUT2D eigenvalue weighted by atomic mass is 10.3. The van der Waals surface area contributed by atoms with Crippen LogP contribution in [-0.4, -0.2) is 38.8 Å². The van der Waals surface area contributed by atoms with Crippen LogP contribution in [0.15, 0.2) is 23.1 Å². The number of nitrogens with zero attached hydrogens (tertiary/aromatic N) is 1. The summed E-state index contributed by atoms with van der Waals surface area (Å²) in [4.78, 5) is 11.3. The van der Waals surface area contributed by atoms with Gasteiger partial charge in [-0.15, -0.1) is 0 Å². The molecule has 0 heterocycles. The molecule has 3 N–H and O–H groups in total. The molecule has 0 spiro atoms. The molecule has 0 aromatic heterocycles. The molecule has 0 aliphatic heterocycles. The van der Waals surface area contributed by atoms with E-state index in [0.717, 1.165) is 4.31 Å². The molecule has 0 atom stereocenters. The molecule has 0 bridgehead atoms. The number of benzene rings is 1. The van der Waals surface area contributed by atoms with E-state index in [-0.39, 0.29) is 22.4 Å². The molecule has 1 rings (SSSR count). The van der Waals surface area contributed by atoms with Gasteiger partial charge in [0.25, 0.3) is 0 Å². The number of nitrogens with two attached hydrogens (primary N) is 1. The molecule has 1 aromatic carbocycles. The second kappa shape index (κ2) is 6.23. The van der Waals surface area contributed by atoms with Crippen LogP contribution in [0.5, 0.6) is 0 Å².